The van der Waals surface area contributed by atoms with Crippen molar-refractivity contribution in [1.82, 2.24) is 14.5 Å². The molecule has 1 fully saturated rings. The minimum absolute atomic E-state index is 0.0677. The Labute approximate surface area is 180 Å². The highest BCUT2D eigenvalue weighted by molar-refractivity contribution is 9.10. The van der Waals surface area contributed by atoms with Gasteiger partial charge in [0, 0.05) is 16.8 Å². The first-order chi connectivity index (χ1) is 14.6. The fraction of sp³-hybridized carbons (Fsp3) is 0.227. The minimum atomic E-state index is -0.520. The van der Waals surface area contributed by atoms with E-state index in [1.807, 2.05) is 48.5 Å². The largest absolute Gasteiger partial charge is 0.459 e. The molecule has 30 heavy (non-hydrogen) atoms. The van der Waals surface area contributed by atoms with Gasteiger partial charge in [-0.25, -0.2) is 14.8 Å². The van der Waals surface area contributed by atoms with Gasteiger partial charge in [-0.05, 0) is 49.2 Å². The number of carbonyl (C=O) groups is 1. The number of ether oxygens (including phenoxy) is 2. The molecule has 0 radical (unpaired) electrons. The summed E-state index contributed by atoms with van der Waals surface area (Å²) in [7, 11) is 0. The quantitative estimate of drug-likeness (QED) is 0.451. The number of anilines is 1. The van der Waals surface area contributed by atoms with Crippen molar-refractivity contribution >= 4 is 49.9 Å². The molecule has 0 aliphatic carbocycles. The number of benzene rings is 2. The van der Waals surface area contributed by atoms with Gasteiger partial charge in [0.1, 0.15) is 23.5 Å². The van der Waals surface area contributed by atoms with Gasteiger partial charge in [0.2, 0.25) is 0 Å². The molecule has 1 atom stereocenters. The fourth-order valence-corrected chi connectivity index (χ4v) is 4.00. The Morgan fingerprint density at radius 1 is 1.17 bits per heavy atom. The number of esters is 1. The van der Waals surface area contributed by atoms with Gasteiger partial charge >= 0.3 is 5.97 Å². The summed E-state index contributed by atoms with van der Waals surface area (Å²) in [6.45, 7) is 0.898. The van der Waals surface area contributed by atoms with Gasteiger partial charge in [-0.15, -0.1) is 0 Å². The van der Waals surface area contributed by atoms with Crippen molar-refractivity contribution in [3.05, 3.63) is 58.6 Å². The first kappa shape index (κ1) is 19.0. The predicted octanol–water partition coefficient (Wildman–Crippen LogP) is 4.25. The number of rotatable bonds is 4. The first-order valence-electron chi connectivity index (χ1n) is 9.73. The summed E-state index contributed by atoms with van der Waals surface area (Å²) in [4.78, 5) is 22.5. The van der Waals surface area contributed by atoms with E-state index in [9.17, 15) is 4.79 Å². The van der Waals surface area contributed by atoms with Crippen LogP contribution in [0.5, 0.6) is 0 Å². The molecular formula is C22H19BrN4O3. The number of nitrogens with two attached hydrogens (primary N) is 1. The van der Waals surface area contributed by atoms with Crippen LogP contribution in [0.4, 0.5) is 5.82 Å². The summed E-state index contributed by atoms with van der Waals surface area (Å²) in [5.41, 5.74) is 9.82. The van der Waals surface area contributed by atoms with Crippen molar-refractivity contribution in [2.75, 3.05) is 18.9 Å². The highest BCUT2D eigenvalue weighted by Crippen LogP contribution is 2.32. The molecule has 8 heteroatoms. The molecule has 0 amide bonds. The molecule has 0 saturated carbocycles. The monoisotopic (exact) mass is 466 g/mol. The molecule has 4 aromatic rings. The molecule has 2 aromatic carbocycles. The van der Waals surface area contributed by atoms with Crippen LogP contribution in [-0.2, 0) is 9.47 Å². The fourth-order valence-electron chi connectivity index (χ4n) is 3.73. The Balaban J connectivity index is 1.66. The lowest BCUT2D eigenvalue weighted by Crippen LogP contribution is -2.18. The molecule has 152 valence electrons. The van der Waals surface area contributed by atoms with E-state index in [0.717, 1.165) is 28.5 Å². The number of hydrogen-bond donors (Lipinski definition) is 1. The second-order valence-corrected chi connectivity index (χ2v) is 8.11. The van der Waals surface area contributed by atoms with Gasteiger partial charge in [-0.3, -0.25) is 4.57 Å². The Hall–Kier alpha value is -2.97. The zero-order chi connectivity index (χ0) is 20.7. The van der Waals surface area contributed by atoms with E-state index in [1.165, 1.54) is 0 Å². The SMILES string of the molecule is Nc1c(C(=O)OC[C@@H]2CCCO2)c2nc3ccccc3nc2n1-c1ccc(Br)cc1. The topological polar surface area (TPSA) is 92.3 Å². The lowest BCUT2D eigenvalue weighted by molar-refractivity contribution is 0.0163. The van der Waals surface area contributed by atoms with Crippen LogP contribution in [0.2, 0.25) is 0 Å². The lowest BCUT2D eigenvalue weighted by Gasteiger charge is -2.10. The first-order valence-corrected chi connectivity index (χ1v) is 10.5. The van der Waals surface area contributed by atoms with Crippen LogP contribution in [0.15, 0.2) is 53.0 Å². The highest BCUT2D eigenvalue weighted by Gasteiger charge is 2.27. The molecule has 7 nitrogen and oxygen atoms in total. The maximum Gasteiger partial charge on any atom is 0.344 e. The highest BCUT2D eigenvalue weighted by atomic mass is 79.9. The minimum Gasteiger partial charge on any atom is -0.459 e. The van der Waals surface area contributed by atoms with E-state index in [2.05, 4.69) is 15.9 Å². The molecule has 3 heterocycles. The van der Waals surface area contributed by atoms with Gasteiger partial charge in [0.05, 0.1) is 17.1 Å². The third-order valence-electron chi connectivity index (χ3n) is 5.21. The van der Waals surface area contributed by atoms with E-state index in [-0.39, 0.29) is 24.1 Å². The Bertz CT molecular complexity index is 1250. The van der Waals surface area contributed by atoms with Crippen molar-refractivity contribution in [2.24, 2.45) is 0 Å². The Morgan fingerprint density at radius 3 is 2.60 bits per heavy atom. The van der Waals surface area contributed by atoms with Crippen LogP contribution in [0, 0.1) is 0 Å². The van der Waals surface area contributed by atoms with Crippen molar-refractivity contribution in [2.45, 2.75) is 18.9 Å². The zero-order valence-electron chi connectivity index (χ0n) is 16.0. The van der Waals surface area contributed by atoms with E-state index >= 15 is 0 Å². The summed E-state index contributed by atoms with van der Waals surface area (Å²) in [6.07, 6.45) is 1.79. The summed E-state index contributed by atoms with van der Waals surface area (Å²) in [5, 5.41) is 0. The second kappa shape index (κ2) is 7.70. The molecule has 0 spiro atoms. The maximum atomic E-state index is 13.0. The Kier molecular flexibility index (Phi) is 4.88. The smallest absolute Gasteiger partial charge is 0.344 e. The van der Waals surface area contributed by atoms with Gasteiger partial charge < -0.3 is 15.2 Å². The van der Waals surface area contributed by atoms with E-state index in [1.54, 1.807) is 4.57 Å². The number of carbonyl (C=O) groups excluding carboxylic acids is 1. The van der Waals surface area contributed by atoms with Crippen LogP contribution in [-0.4, -0.2) is 39.8 Å². The number of aromatic nitrogens is 3. The van der Waals surface area contributed by atoms with Crippen molar-refractivity contribution in [1.29, 1.82) is 0 Å². The molecule has 0 bridgehead atoms. The lowest BCUT2D eigenvalue weighted by atomic mass is 10.2. The van der Waals surface area contributed by atoms with Crippen molar-refractivity contribution in [3.8, 4) is 5.69 Å². The molecule has 1 saturated heterocycles. The molecule has 1 aliphatic heterocycles. The average Bonchev–Trinajstić information content (AvgIpc) is 3.37. The van der Waals surface area contributed by atoms with Crippen LogP contribution in [0.25, 0.3) is 27.9 Å². The molecule has 0 unspecified atom stereocenters. The maximum absolute atomic E-state index is 13.0. The number of para-hydroxylation sites is 2. The van der Waals surface area contributed by atoms with Crippen LogP contribution >= 0.6 is 15.9 Å². The number of fused-ring (bicyclic) bond motifs is 2. The van der Waals surface area contributed by atoms with Crippen LogP contribution in [0.3, 0.4) is 0 Å². The molecule has 2 N–H and O–H groups in total. The molecule has 1 aliphatic rings. The van der Waals surface area contributed by atoms with Crippen LogP contribution < -0.4 is 5.73 Å². The third-order valence-corrected chi connectivity index (χ3v) is 5.74. The number of halogens is 1. The third kappa shape index (κ3) is 3.32. The summed E-state index contributed by atoms with van der Waals surface area (Å²) in [5.74, 6) is -0.270. The van der Waals surface area contributed by atoms with Crippen molar-refractivity contribution < 1.29 is 14.3 Å². The standard InChI is InChI=1S/C22H19BrN4O3/c23-13-7-9-14(10-8-13)27-20(24)18(22(28)30-12-15-4-3-11-29-15)19-21(27)26-17-6-2-1-5-16(17)25-19/h1-2,5-10,15H,3-4,11-12,24H2/t15-/m0/s1. The molecular weight excluding hydrogens is 448 g/mol. The van der Waals surface area contributed by atoms with Crippen LogP contribution in [0.1, 0.15) is 23.2 Å². The summed E-state index contributed by atoms with van der Waals surface area (Å²) >= 11 is 3.45. The Morgan fingerprint density at radius 2 is 1.90 bits per heavy atom. The number of hydrogen-bond acceptors (Lipinski definition) is 6. The summed E-state index contributed by atoms with van der Waals surface area (Å²) < 4.78 is 13.8. The zero-order valence-corrected chi connectivity index (χ0v) is 17.6. The van der Waals surface area contributed by atoms with Gasteiger partial charge in [0.15, 0.2) is 5.65 Å². The van der Waals surface area contributed by atoms with Gasteiger partial charge in [-0.1, -0.05) is 28.1 Å². The van der Waals surface area contributed by atoms with E-state index < -0.39 is 5.97 Å². The molecule has 2 aromatic heterocycles. The summed E-state index contributed by atoms with van der Waals surface area (Å²) in [6, 6.07) is 15.1. The van der Waals surface area contributed by atoms with E-state index in [0.29, 0.717) is 23.3 Å². The van der Waals surface area contributed by atoms with Gasteiger partial charge in [0.25, 0.3) is 0 Å². The van der Waals surface area contributed by atoms with E-state index in [4.69, 9.17) is 25.2 Å². The predicted molar refractivity (Wildman–Crippen MR) is 118 cm³/mol. The second-order valence-electron chi connectivity index (χ2n) is 7.19. The average molecular weight is 467 g/mol. The number of nitrogen functional groups attached to an aromatic ring is 1. The molecule has 5 rings (SSSR count). The number of nitrogens with zero attached hydrogens (tertiary/aromatic N) is 3. The normalized spacial score (nSPS) is 16.4. The van der Waals surface area contributed by atoms with Gasteiger partial charge in [-0.2, -0.15) is 0 Å². The van der Waals surface area contributed by atoms with Crippen molar-refractivity contribution in [3.63, 3.8) is 0 Å².